The van der Waals surface area contributed by atoms with Crippen LogP contribution in [-0.2, 0) is 10.0 Å². The van der Waals surface area contributed by atoms with Crippen LogP contribution in [0.15, 0.2) is 40.8 Å². The normalized spacial score (nSPS) is 32.6. The molecule has 1 aromatic carbocycles. The zero-order valence-electron chi connectivity index (χ0n) is 13.2. The van der Waals surface area contributed by atoms with Crippen LogP contribution in [0.3, 0.4) is 0 Å². The molecular weight excluding hydrogens is 409 g/mol. The number of alkyl halides is 1. The summed E-state index contributed by atoms with van der Waals surface area (Å²) in [5.74, 6) is 0.336. The summed E-state index contributed by atoms with van der Waals surface area (Å²) in [6.45, 7) is 7.58. The predicted octanol–water partition coefficient (Wildman–Crippen LogP) is 3.78. The van der Waals surface area contributed by atoms with E-state index in [2.05, 4.69) is 42.5 Å². The lowest BCUT2D eigenvalue weighted by Crippen LogP contribution is -2.39. The first-order chi connectivity index (χ1) is 10.2. The Hall–Kier alpha value is -0.400. The minimum Gasteiger partial charge on any atom is -0.207 e. The predicted molar refractivity (Wildman–Crippen MR) is 97.7 cm³/mol. The van der Waals surface area contributed by atoms with Crippen LogP contribution in [0.25, 0.3) is 0 Å². The molecule has 1 saturated heterocycles. The first-order valence-electron chi connectivity index (χ1n) is 7.63. The van der Waals surface area contributed by atoms with E-state index >= 15 is 0 Å². The quantitative estimate of drug-likeness (QED) is 0.406. The molecule has 1 aliphatic carbocycles. The summed E-state index contributed by atoms with van der Waals surface area (Å²) < 4.78 is 28.1. The molecule has 3 atom stereocenters. The van der Waals surface area contributed by atoms with E-state index in [4.69, 9.17) is 0 Å². The van der Waals surface area contributed by atoms with Crippen molar-refractivity contribution in [1.82, 2.24) is 4.31 Å². The van der Waals surface area contributed by atoms with Crippen molar-refractivity contribution in [3.63, 3.8) is 0 Å². The molecule has 120 valence electrons. The van der Waals surface area contributed by atoms with E-state index in [9.17, 15) is 8.42 Å². The van der Waals surface area contributed by atoms with E-state index in [1.165, 1.54) is 5.57 Å². The number of fused-ring (bicyclic) bond motifs is 1. The molecule has 5 heteroatoms. The van der Waals surface area contributed by atoms with Crippen molar-refractivity contribution in [2.75, 3.05) is 13.1 Å². The van der Waals surface area contributed by atoms with Gasteiger partial charge in [-0.15, -0.1) is 0 Å². The Morgan fingerprint density at radius 1 is 1.23 bits per heavy atom. The van der Waals surface area contributed by atoms with Crippen molar-refractivity contribution >= 4 is 32.6 Å². The van der Waals surface area contributed by atoms with Crippen LogP contribution in [0, 0.1) is 18.3 Å². The van der Waals surface area contributed by atoms with Crippen LogP contribution in [-0.4, -0.2) is 29.7 Å². The highest BCUT2D eigenvalue weighted by atomic mass is 127. The molecule has 1 aromatic rings. The van der Waals surface area contributed by atoms with Gasteiger partial charge in [0.05, 0.1) is 4.90 Å². The van der Waals surface area contributed by atoms with Gasteiger partial charge in [-0.3, -0.25) is 0 Å². The summed E-state index contributed by atoms with van der Waals surface area (Å²) in [7, 11) is -3.40. The topological polar surface area (TPSA) is 37.4 Å². The minimum absolute atomic E-state index is 0.0388. The molecule has 0 aromatic heterocycles. The molecule has 22 heavy (non-hydrogen) atoms. The summed E-state index contributed by atoms with van der Waals surface area (Å²) in [6, 6.07) is 7.17. The molecule has 0 unspecified atom stereocenters. The molecule has 3 rings (SSSR count). The van der Waals surface area contributed by atoms with Gasteiger partial charge < -0.3 is 0 Å². The highest BCUT2D eigenvalue weighted by molar-refractivity contribution is 14.1. The van der Waals surface area contributed by atoms with Crippen molar-refractivity contribution in [3.8, 4) is 0 Å². The number of rotatable bonds is 2. The molecule has 0 saturated carbocycles. The summed E-state index contributed by atoms with van der Waals surface area (Å²) in [4.78, 5) is 0.409. The smallest absolute Gasteiger partial charge is 0.207 e. The van der Waals surface area contributed by atoms with E-state index < -0.39 is 10.0 Å². The van der Waals surface area contributed by atoms with E-state index in [0.29, 0.717) is 27.8 Å². The average molecular weight is 431 g/mol. The summed E-state index contributed by atoms with van der Waals surface area (Å²) >= 11 is 2.49. The molecule has 0 bridgehead atoms. The standard InChI is InChI=1S/C17H22INO2S/c1-12-4-7-14(8-5-12)22(20,21)19-10-15-13(2)6-9-16(18)17(15,3)11-19/h4-8,15-16H,9-11H2,1-3H3/t15-,16+,17-/m0/s1. The lowest BCUT2D eigenvalue weighted by molar-refractivity contribution is 0.268. The third-order valence-electron chi connectivity index (χ3n) is 5.27. The highest BCUT2D eigenvalue weighted by Gasteiger charge is 2.52. The van der Waals surface area contributed by atoms with E-state index in [-0.39, 0.29) is 5.41 Å². The van der Waals surface area contributed by atoms with Crippen LogP contribution >= 0.6 is 22.6 Å². The second kappa shape index (κ2) is 5.60. The van der Waals surface area contributed by atoms with Gasteiger partial charge in [0.2, 0.25) is 10.0 Å². The zero-order valence-corrected chi connectivity index (χ0v) is 16.2. The molecule has 1 fully saturated rings. The lowest BCUT2D eigenvalue weighted by atomic mass is 9.70. The third kappa shape index (κ3) is 2.55. The fourth-order valence-electron chi connectivity index (χ4n) is 3.69. The van der Waals surface area contributed by atoms with Gasteiger partial charge in [0.25, 0.3) is 0 Å². The van der Waals surface area contributed by atoms with Crippen molar-refractivity contribution in [2.24, 2.45) is 11.3 Å². The van der Waals surface area contributed by atoms with Crippen LogP contribution in [0.5, 0.6) is 0 Å². The number of sulfonamides is 1. The van der Waals surface area contributed by atoms with Crippen molar-refractivity contribution < 1.29 is 8.42 Å². The van der Waals surface area contributed by atoms with E-state index in [1.54, 1.807) is 16.4 Å². The van der Waals surface area contributed by atoms with Gasteiger partial charge >= 0.3 is 0 Å². The maximum Gasteiger partial charge on any atom is 0.243 e. The molecular formula is C17H22INO2S. The van der Waals surface area contributed by atoms with Crippen LogP contribution in [0.1, 0.15) is 25.8 Å². The van der Waals surface area contributed by atoms with Crippen molar-refractivity contribution in [3.05, 3.63) is 41.5 Å². The van der Waals surface area contributed by atoms with Crippen LogP contribution in [0.4, 0.5) is 0 Å². The summed E-state index contributed by atoms with van der Waals surface area (Å²) in [5.41, 5.74) is 2.46. The zero-order chi connectivity index (χ0) is 16.1. The molecule has 0 spiro atoms. The first kappa shape index (κ1) is 16.5. The Morgan fingerprint density at radius 2 is 1.86 bits per heavy atom. The second-order valence-electron chi connectivity index (χ2n) is 6.82. The number of allylic oxidation sites excluding steroid dienone is 1. The summed E-state index contributed by atoms with van der Waals surface area (Å²) in [5, 5.41) is 0. The van der Waals surface area contributed by atoms with Crippen LogP contribution < -0.4 is 0 Å². The molecule has 0 amide bonds. The van der Waals surface area contributed by atoms with Gasteiger partial charge in [-0.2, -0.15) is 4.31 Å². The Bertz CT molecular complexity index is 711. The van der Waals surface area contributed by atoms with Gasteiger partial charge in [-0.1, -0.05) is 58.9 Å². The Morgan fingerprint density at radius 3 is 2.45 bits per heavy atom. The van der Waals surface area contributed by atoms with Crippen molar-refractivity contribution in [1.29, 1.82) is 0 Å². The number of benzene rings is 1. The fourth-order valence-corrected chi connectivity index (χ4v) is 6.15. The van der Waals surface area contributed by atoms with Gasteiger partial charge in [0, 0.05) is 28.3 Å². The average Bonchev–Trinajstić information content (AvgIpc) is 2.85. The fraction of sp³-hybridized carbons (Fsp3) is 0.529. The van der Waals surface area contributed by atoms with E-state index in [0.717, 1.165) is 12.0 Å². The van der Waals surface area contributed by atoms with Gasteiger partial charge in [-0.25, -0.2) is 8.42 Å². The number of halogens is 1. The monoisotopic (exact) mass is 431 g/mol. The lowest BCUT2D eigenvalue weighted by Gasteiger charge is -2.39. The molecule has 1 heterocycles. The Balaban J connectivity index is 1.95. The molecule has 3 nitrogen and oxygen atoms in total. The Kier molecular flexibility index (Phi) is 4.19. The molecule has 2 aliphatic rings. The number of hydrogen-bond acceptors (Lipinski definition) is 2. The first-order valence-corrected chi connectivity index (χ1v) is 10.3. The van der Waals surface area contributed by atoms with E-state index in [1.807, 2.05) is 19.1 Å². The van der Waals surface area contributed by atoms with Crippen LogP contribution in [0.2, 0.25) is 0 Å². The molecule has 0 radical (unpaired) electrons. The van der Waals surface area contributed by atoms with Gasteiger partial charge in [0.1, 0.15) is 0 Å². The highest BCUT2D eigenvalue weighted by Crippen LogP contribution is 2.50. The van der Waals surface area contributed by atoms with Gasteiger partial charge in [0.15, 0.2) is 0 Å². The number of hydrogen-bond donors (Lipinski definition) is 0. The third-order valence-corrected chi connectivity index (χ3v) is 9.03. The minimum atomic E-state index is -3.40. The second-order valence-corrected chi connectivity index (χ2v) is 10.3. The SMILES string of the molecule is CC1=CC[C@@H](I)[C@@]2(C)CN(S(=O)(=O)c3ccc(C)cc3)C[C@@H]12. The number of aryl methyl sites for hydroxylation is 1. The van der Waals surface area contributed by atoms with Crippen molar-refractivity contribution in [2.45, 2.75) is 36.0 Å². The Labute approximate surface area is 147 Å². The largest absolute Gasteiger partial charge is 0.243 e. The van der Waals surface area contributed by atoms with Gasteiger partial charge in [-0.05, 0) is 32.4 Å². The maximum absolute atomic E-state index is 12.9. The summed E-state index contributed by atoms with van der Waals surface area (Å²) in [6.07, 6.45) is 3.32. The maximum atomic E-state index is 12.9. The molecule has 1 aliphatic heterocycles. The molecule has 0 N–H and O–H groups in total. The number of nitrogens with zero attached hydrogens (tertiary/aromatic N) is 1.